The summed E-state index contributed by atoms with van der Waals surface area (Å²) in [6, 6.07) is 9.61. The number of methoxy groups -OCH3 is 1. The van der Waals surface area contributed by atoms with Crippen molar-refractivity contribution in [1.29, 1.82) is 5.26 Å². The minimum atomic E-state index is -0.672. The van der Waals surface area contributed by atoms with Gasteiger partial charge in [-0.25, -0.2) is 0 Å². The predicted octanol–water partition coefficient (Wildman–Crippen LogP) is 3.55. The summed E-state index contributed by atoms with van der Waals surface area (Å²) >= 11 is 6.58. The molecular formula is C25H25N3O5S2. The van der Waals surface area contributed by atoms with E-state index in [-0.39, 0.29) is 48.7 Å². The number of amides is 1. The Kier molecular flexibility index (Phi) is 8.62. The first-order chi connectivity index (χ1) is 16.7. The first-order valence-corrected chi connectivity index (χ1v) is 12.1. The van der Waals surface area contributed by atoms with E-state index in [4.69, 9.17) is 17.0 Å². The summed E-state index contributed by atoms with van der Waals surface area (Å²) in [7, 11) is 1.44. The summed E-state index contributed by atoms with van der Waals surface area (Å²) in [5, 5.41) is 20.1. The molecule has 1 saturated heterocycles. The molecule has 0 atom stereocenters. The van der Waals surface area contributed by atoms with Gasteiger partial charge in [0, 0.05) is 20.1 Å². The second-order valence-electron chi connectivity index (χ2n) is 8.03. The first-order valence-electron chi connectivity index (χ1n) is 10.9. The molecule has 8 nitrogen and oxygen atoms in total. The largest absolute Gasteiger partial charge is 0.494 e. The monoisotopic (exact) mass is 511 g/mol. The number of Topliss-reactive ketones (excluding diaryl/α,β-unsaturated/α-hetero) is 1. The fourth-order valence-electron chi connectivity index (χ4n) is 3.70. The third-order valence-electron chi connectivity index (χ3n) is 5.63. The van der Waals surface area contributed by atoms with Crippen molar-refractivity contribution in [2.45, 2.75) is 33.2 Å². The minimum Gasteiger partial charge on any atom is -0.494 e. The van der Waals surface area contributed by atoms with E-state index in [2.05, 4.69) is 0 Å². The van der Waals surface area contributed by atoms with Crippen LogP contribution in [0.15, 0.2) is 34.0 Å². The molecule has 35 heavy (non-hydrogen) atoms. The van der Waals surface area contributed by atoms with Gasteiger partial charge in [0.05, 0.1) is 23.6 Å². The van der Waals surface area contributed by atoms with Crippen LogP contribution in [0.4, 0.5) is 0 Å². The molecule has 0 bridgehead atoms. The van der Waals surface area contributed by atoms with Crippen LogP contribution >= 0.6 is 24.0 Å². The molecule has 0 spiro atoms. The van der Waals surface area contributed by atoms with Gasteiger partial charge < -0.3 is 9.84 Å². The molecule has 1 aliphatic heterocycles. The standard InChI is InChI=1S/C25H25N3O5S2/c1-15-6-8-17(9-7-15)13-20-23(31)28(25(34)35-20)10-4-5-19(29)21-16(2)18(14-26)22(30)27(24(21)32)11-12-33-3/h6-9,13,32H,4-5,10-12H2,1-3H3/b20-13-. The van der Waals surface area contributed by atoms with E-state index in [1.165, 1.54) is 30.7 Å². The zero-order valence-corrected chi connectivity index (χ0v) is 21.3. The predicted molar refractivity (Wildman–Crippen MR) is 138 cm³/mol. The van der Waals surface area contributed by atoms with Crippen molar-refractivity contribution in [2.24, 2.45) is 0 Å². The Hall–Kier alpha value is -3.26. The number of nitriles is 1. The number of ether oxygens (including phenoxy) is 1. The molecule has 1 N–H and O–H groups in total. The molecule has 0 aliphatic carbocycles. The Morgan fingerprint density at radius 2 is 1.91 bits per heavy atom. The zero-order chi connectivity index (χ0) is 25.7. The topological polar surface area (TPSA) is 113 Å². The summed E-state index contributed by atoms with van der Waals surface area (Å²) in [5.74, 6) is -1.13. The van der Waals surface area contributed by atoms with Gasteiger partial charge >= 0.3 is 0 Å². The molecule has 0 radical (unpaired) electrons. The quantitative estimate of drug-likeness (QED) is 0.309. The normalized spacial score (nSPS) is 14.6. The van der Waals surface area contributed by atoms with Crippen molar-refractivity contribution >= 4 is 46.1 Å². The first kappa shape index (κ1) is 26.3. The number of rotatable bonds is 9. The molecule has 1 amide bonds. The van der Waals surface area contributed by atoms with Crippen LogP contribution in [0.25, 0.3) is 6.08 Å². The molecule has 2 aromatic rings. The minimum absolute atomic E-state index is 0.000272. The molecule has 1 aromatic heterocycles. The molecule has 10 heteroatoms. The highest BCUT2D eigenvalue weighted by atomic mass is 32.2. The van der Waals surface area contributed by atoms with Gasteiger partial charge in [-0.15, -0.1) is 0 Å². The summed E-state index contributed by atoms with van der Waals surface area (Å²) in [6.07, 6.45) is 2.08. The maximum absolute atomic E-state index is 13.0. The fourth-order valence-corrected chi connectivity index (χ4v) is 5.01. The molecule has 0 unspecified atom stereocenters. The zero-order valence-electron chi connectivity index (χ0n) is 19.7. The maximum Gasteiger partial charge on any atom is 0.271 e. The van der Waals surface area contributed by atoms with E-state index in [1.54, 1.807) is 6.08 Å². The van der Waals surface area contributed by atoms with Crippen LogP contribution in [-0.4, -0.2) is 50.8 Å². The van der Waals surface area contributed by atoms with Crippen LogP contribution in [0.1, 0.15) is 45.5 Å². The average molecular weight is 512 g/mol. The molecule has 1 fully saturated rings. The average Bonchev–Trinajstić information content (AvgIpc) is 3.08. The van der Waals surface area contributed by atoms with Crippen LogP contribution in [-0.2, 0) is 16.1 Å². The van der Waals surface area contributed by atoms with Gasteiger partial charge in [0.15, 0.2) is 5.78 Å². The molecule has 3 rings (SSSR count). The second-order valence-corrected chi connectivity index (χ2v) is 9.71. The molecule has 182 valence electrons. The number of hydrogen-bond donors (Lipinski definition) is 1. The lowest BCUT2D eigenvalue weighted by Crippen LogP contribution is -2.30. The lowest BCUT2D eigenvalue weighted by atomic mass is 9.99. The highest BCUT2D eigenvalue weighted by Crippen LogP contribution is 2.33. The van der Waals surface area contributed by atoms with Gasteiger partial charge in [-0.1, -0.05) is 53.8 Å². The maximum atomic E-state index is 13.0. The van der Waals surface area contributed by atoms with Crippen LogP contribution in [0.3, 0.4) is 0 Å². The van der Waals surface area contributed by atoms with Crippen molar-refractivity contribution in [2.75, 3.05) is 20.3 Å². The van der Waals surface area contributed by atoms with Crippen LogP contribution in [0.2, 0.25) is 0 Å². The summed E-state index contributed by atoms with van der Waals surface area (Å²) in [5.41, 5.74) is 1.22. The Labute approximate surface area is 212 Å². The number of ketones is 1. The van der Waals surface area contributed by atoms with Crippen molar-refractivity contribution in [1.82, 2.24) is 9.47 Å². The molecule has 2 heterocycles. The van der Waals surface area contributed by atoms with Crippen LogP contribution in [0.5, 0.6) is 5.88 Å². The molecular weight excluding hydrogens is 486 g/mol. The number of carbonyl (C=O) groups excluding carboxylic acids is 2. The van der Waals surface area contributed by atoms with E-state index in [0.717, 1.165) is 15.7 Å². The van der Waals surface area contributed by atoms with E-state index in [0.29, 0.717) is 15.6 Å². The van der Waals surface area contributed by atoms with Gasteiger partial charge in [-0.05, 0) is 37.5 Å². The number of hydrogen-bond acceptors (Lipinski definition) is 8. The number of pyridine rings is 1. The summed E-state index contributed by atoms with van der Waals surface area (Å²) in [6.45, 7) is 3.81. The SMILES string of the molecule is COCCn1c(O)c(C(=O)CCCN2C(=O)/C(=C/c3ccc(C)cc3)SC2=S)c(C)c(C#N)c1=O. The number of thioether (sulfide) groups is 1. The lowest BCUT2D eigenvalue weighted by molar-refractivity contribution is -0.122. The number of aromatic hydroxyl groups is 1. The number of benzene rings is 1. The Morgan fingerprint density at radius 3 is 2.54 bits per heavy atom. The van der Waals surface area contributed by atoms with E-state index in [9.17, 15) is 24.8 Å². The Morgan fingerprint density at radius 1 is 1.23 bits per heavy atom. The highest BCUT2D eigenvalue weighted by molar-refractivity contribution is 8.26. The van der Waals surface area contributed by atoms with Gasteiger partial charge in [-0.2, -0.15) is 5.26 Å². The number of aryl methyl sites for hydroxylation is 1. The van der Waals surface area contributed by atoms with Crippen molar-refractivity contribution in [3.63, 3.8) is 0 Å². The van der Waals surface area contributed by atoms with E-state index >= 15 is 0 Å². The summed E-state index contributed by atoms with van der Waals surface area (Å²) in [4.78, 5) is 40.3. The number of aromatic nitrogens is 1. The van der Waals surface area contributed by atoms with Gasteiger partial charge in [0.25, 0.3) is 11.5 Å². The third-order valence-corrected chi connectivity index (χ3v) is 7.01. The van der Waals surface area contributed by atoms with Crippen LogP contribution < -0.4 is 5.56 Å². The number of thiocarbonyl (C=S) groups is 1. The number of carbonyl (C=O) groups is 2. The molecule has 1 aliphatic rings. The van der Waals surface area contributed by atoms with Crippen molar-refractivity contribution < 1.29 is 19.4 Å². The Bertz CT molecular complexity index is 1310. The lowest BCUT2D eigenvalue weighted by Gasteiger charge is -2.16. The van der Waals surface area contributed by atoms with Gasteiger partial charge in [0.2, 0.25) is 5.88 Å². The molecule has 1 aromatic carbocycles. The van der Waals surface area contributed by atoms with Crippen LogP contribution in [0, 0.1) is 25.2 Å². The fraction of sp³-hybridized carbons (Fsp3) is 0.320. The Balaban J connectivity index is 1.73. The van der Waals surface area contributed by atoms with E-state index < -0.39 is 17.2 Å². The highest BCUT2D eigenvalue weighted by Gasteiger charge is 2.32. The van der Waals surface area contributed by atoms with Crippen molar-refractivity contribution in [3.05, 3.63) is 67.3 Å². The van der Waals surface area contributed by atoms with E-state index in [1.807, 2.05) is 37.3 Å². The van der Waals surface area contributed by atoms with Gasteiger partial charge in [0.1, 0.15) is 16.0 Å². The summed E-state index contributed by atoms with van der Waals surface area (Å²) < 4.78 is 6.35. The van der Waals surface area contributed by atoms with Crippen molar-refractivity contribution in [3.8, 4) is 11.9 Å². The van der Waals surface area contributed by atoms with Gasteiger partial charge in [-0.3, -0.25) is 23.9 Å². The smallest absolute Gasteiger partial charge is 0.271 e. The third kappa shape index (κ3) is 5.70. The molecule has 0 saturated carbocycles. The second kappa shape index (κ2) is 11.4. The number of nitrogens with zero attached hydrogens (tertiary/aromatic N) is 3.